The predicted octanol–water partition coefficient (Wildman–Crippen LogP) is 4.30. The highest BCUT2D eigenvalue weighted by atomic mass is 32.2. The molecule has 1 N–H and O–H groups in total. The zero-order valence-corrected chi connectivity index (χ0v) is 12.3. The van der Waals surface area contributed by atoms with Gasteiger partial charge in [0.05, 0.1) is 0 Å². The van der Waals surface area contributed by atoms with Crippen LogP contribution in [-0.2, 0) is 0 Å². The first kappa shape index (κ1) is 13.0. The largest absolute Gasteiger partial charge is 0.322 e. The first-order valence-electron chi connectivity index (χ1n) is 6.50. The topological polar surface area (TPSA) is 32.9 Å². The number of nitrogens with one attached hydrogen (secondary N) is 1. The summed E-state index contributed by atoms with van der Waals surface area (Å²) in [6.45, 7) is 4.18. The summed E-state index contributed by atoms with van der Waals surface area (Å²) >= 11 is 1.64. The molecule has 3 heteroatoms. The van der Waals surface area contributed by atoms with Crippen molar-refractivity contribution in [1.82, 2.24) is 4.98 Å². The van der Waals surface area contributed by atoms with Crippen LogP contribution in [0.25, 0.3) is 10.9 Å². The number of benzene rings is 2. The van der Waals surface area contributed by atoms with Crippen molar-refractivity contribution < 1.29 is 0 Å². The second-order valence-electron chi connectivity index (χ2n) is 4.97. The minimum absolute atomic E-state index is 0.0597. The number of hydrogen-bond acceptors (Lipinski definition) is 2. The minimum atomic E-state index is -0.0597. The third-order valence-electron chi connectivity index (χ3n) is 3.14. The van der Waals surface area contributed by atoms with Crippen LogP contribution in [0.15, 0.2) is 63.1 Å². The Morgan fingerprint density at radius 1 is 0.950 bits per heavy atom. The lowest BCUT2D eigenvalue weighted by atomic mass is 10.2. The van der Waals surface area contributed by atoms with Crippen LogP contribution in [-0.4, -0.2) is 4.98 Å². The number of aromatic amines is 1. The second kappa shape index (κ2) is 5.17. The van der Waals surface area contributed by atoms with Crippen LogP contribution in [0.3, 0.4) is 0 Å². The van der Waals surface area contributed by atoms with E-state index in [1.54, 1.807) is 17.8 Å². The molecule has 0 saturated carbocycles. The van der Waals surface area contributed by atoms with Crippen LogP contribution in [0.4, 0.5) is 0 Å². The molecule has 100 valence electrons. The molecule has 0 bridgehead atoms. The molecule has 0 spiro atoms. The fourth-order valence-corrected chi connectivity index (χ4v) is 3.57. The molecule has 2 nitrogen and oxygen atoms in total. The highest BCUT2D eigenvalue weighted by Crippen LogP contribution is 2.32. The number of aromatic nitrogens is 1. The van der Waals surface area contributed by atoms with Gasteiger partial charge in [-0.1, -0.05) is 36.0 Å². The number of para-hydroxylation sites is 1. The van der Waals surface area contributed by atoms with Crippen molar-refractivity contribution >= 4 is 22.7 Å². The fourth-order valence-electron chi connectivity index (χ4n) is 2.38. The highest BCUT2D eigenvalue weighted by Gasteiger charge is 2.06. The summed E-state index contributed by atoms with van der Waals surface area (Å²) in [6.07, 6.45) is 0. The Bertz CT molecular complexity index is 816. The van der Waals surface area contributed by atoms with Crippen molar-refractivity contribution in [2.45, 2.75) is 23.6 Å². The maximum Gasteiger partial charge on any atom is 0.249 e. The number of rotatable bonds is 2. The van der Waals surface area contributed by atoms with E-state index in [2.05, 4.69) is 37.0 Å². The molecule has 3 rings (SSSR count). The Balaban J connectivity index is 2.12. The van der Waals surface area contributed by atoms with Gasteiger partial charge >= 0.3 is 0 Å². The Morgan fingerprint density at radius 2 is 1.65 bits per heavy atom. The monoisotopic (exact) mass is 281 g/mol. The van der Waals surface area contributed by atoms with Crippen molar-refractivity contribution in [3.63, 3.8) is 0 Å². The Kier molecular flexibility index (Phi) is 3.36. The number of hydrogen-bond donors (Lipinski definition) is 1. The van der Waals surface area contributed by atoms with Crippen LogP contribution in [0.5, 0.6) is 0 Å². The van der Waals surface area contributed by atoms with Gasteiger partial charge in [0, 0.05) is 26.8 Å². The molecular formula is C17H15NOS. The van der Waals surface area contributed by atoms with Gasteiger partial charge < -0.3 is 4.98 Å². The van der Waals surface area contributed by atoms with E-state index < -0.39 is 0 Å². The summed E-state index contributed by atoms with van der Waals surface area (Å²) in [7, 11) is 0. The van der Waals surface area contributed by atoms with Gasteiger partial charge in [-0.15, -0.1) is 0 Å². The van der Waals surface area contributed by atoms with Crippen LogP contribution in [0, 0.1) is 13.8 Å². The van der Waals surface area contributed by atoms with Gasteiger partial charge in [-0.25, -0.2) is 0 Å². The van der Waals surface area contributed by atoms with Gasteiger partial charge in [0.15, 0.2) is 0 Å². The average molecular weight is 281 g/mol. The lowest BCUT2D eigenvalue weighted by Gasteiger charge is -2.07. The van der Waals surface area contributed by atoms with Gasteiger partial charge in [0.25, 0.3) is 0 Å². The summed E-state index contributed by atoms with van der Waals surface area (Å²) < 4.78 is 0. The SMILES string of the molecule is Cc1cc(C)cc(Sc2cc(=O)[nH]c3ccccc23)c1. The summed E-state index contributed by atoms with van der Waals surface area (Å²) in [4.78, 5) is 16.8. The number of H-pyrrole nitrogens is 1. The number of pyridine rings is 1. The Hall–Kier alpha value is -2.00. The molecule has 2 aromatic carbocycles. The molecule has 0 saturated heterocycles. The van der Waals surface area contributed by atoms with Gasteiger partial charge in [0.1, 0.15) is 0 Å². The third-order valence-corrected chi connectivity index (χ3v) is 4.16. The second-order valence-corrected chi connectivity index (χ2v) is 6.08. The van der Waals surface area contributed by atoms with E-state index in [-0.39, 0.29) is 5.56 Å². The summed E-state index contributed by atoms with van der Waals surface area (Å²) in [5.74, 6) is 0. The molecule has 0 fully saturated rings. The Morgan fingerprint density at radius 3 is 2.40 bits per heavy atom. The lowest BCUT2D eigenvalue weighted by molar-refractivity contribution is 1.25. The smallest absolute Gasteiger partial charge is 0.249 e. The molecule has 20 heavy (non-hydrogen) atoms. The molecular weight excluding hydrogens is 266 g/mol. The van der Waals surface area contributed by atoms with Gasteiger partial charge in [-0.2, -0.15) is 0 Å². The zero-order valence-electron chi connectivity index (χ0n) is 11.4. The molecule has 0 aliphatic carbocycles. The van der Waals surface area contributed by atoms with Gasteiger partial charge in [0.2, 0.25) is 5.56 Å². The average Bonchev–Trinajstić information content (AvgIpc) is 2.37. The molecule has 1 heterocycles. The normalized spacial score (nSPS) is 10.9. The summed E-state index contributed by atoms with van der Waals surface area (Å²) in [6, 6.07) is 16.0. The first-order valence-corrected chi connectivity index (χ1v) is 7.32. The lowest BCUT2D eigenvalue weighted by Crippen LogP contribution is -2.04. The zero-order chi connectivity index (χ0) is 14.1. The van der Waals surface area contributed by atoms with Crippen molar-refractivity contribution in [1.29, 1.82) is 0 Å². The molecule has 0 atom stereocenters. The molecule has 0 aliphatic heterocycles. The van der Waals surface area contributed by atoms with E-state index in [0.29, 0.717) is 0 Å². The molecule has 0 unspecified atom stereocenters. The number of fused-ring (bicyclic) bond motifs is 1. The minimum Gasteiger partial charge on any atom is -0.322 e. The van der Waals surface area contributed by atoms with E-state index in [4.69, 9.17) is 0 Å². The molecule has 3 aromatic rings. The predicted molar refractivity (Wildman–Crippen MR) is 84.6 cm³/mol. The van der Waals surface area contributed by atoms with Crippen LogP contribution >= 0.6 is 11.8 Å². The third kappa shape index (κ3) is 2.63. The van der Waals surface area contributed by atoms with Crippen molar-refractivity contribution in [2.24, 2.45) is 0 Å². The van der Waals surface area contributed by atoms with Crippen LogP contribution < -0.4 is 5.56 Å². The van der Waals surface area contributed by atoms with E-state index in [0.717, 1.165) is 15.8 Å². The highest BCUT2D eigenvalue weighted by molar-refractivity contribution is 7.99. The first-order chi connectivity index (χ1) is 9.61. The van der Waals surface area contributed by atoms with Gasteiger partial charge in [-0.05, 0) is 43.2 Å². The maximum atomic E-state index is 11.8. The maximum absolute atomic E-state index is 11.8. The number of aryl methyl sites for hydroxylation is 2. The quantitative estimate of drug-likeness (QED) is 0.760. The molecule has 1 aromatic heterocycles. The molecule has 0 amide bonds. The van der Waals surface area contributed by atoms with Crippen molar-refractivity contribution in [2.75, 3.05) is 0 Å². The standard InChI is InChI=1S/C17H15NOS/c1-11-7-12(2)9-13(8-11)20-16-10-17(19)18-15-6-4-3-5-14(15)16/h3-10H,1-2H3,(H,18,19). The fraction of sp³-hybridized carbons (Fsp3) is 0.118. The van der Waals surface area contributed by atoms with E-state index in [9.17, 15) is 4.79 Å². The summed E-state index contributed by atoms with van der Waals surface area (Å²) in [5, 5.41) is 1.08. The molecule has 0 radical (unpaired) electrons. The Labute approximate surface area is 121 Å². The van der Waals surface area contributed by atoms with Gasteiger partial charge in [-0.3, -0.25) is 4.79 Å². The van der Waals surface area contributed by atoms with E-state index in [1.165, 1.54) is 16.0 Å². The summed E-state index contributed by atoms with van der Waals surface area (Å²) in [5.41, 5.74) is 3.30. The van der Waals surface area contributed by atoms with Crippen molar-refractivity contribution in [3.05, 3.63) is 70.0 Å². The van der Waals surface area contributed by atoms with E-state index >= 15 is 0 Å². The molecule has 0 aliphatic rings. The van der Waals surface area contributed by atoms with E-state index in [1.807, 2.05) is 24.3 Å². The van der Waals surface area contributed by atoms with Crippen LogP contribution in [0.2, 0.25) is 0 Å². The van der Waals surface area contributed by atoms with Crippen LogP contribution in [0.1, 0.15) is 11.1 Å². The van der Waals surface area contributed by atoms with Crippen molar-refractivity contribution in [3.8, 4) is 0 Å².